The van der Waals surface area contributed by atoms with Crippen LogP contribution in [-0.2, 0) is 65.4 Å². The minimum atomic E-state index is -1.81. The van der Waals surface area contributed by atoms with E-state index in [1.807, 2.05) is 146 Å². The summed E-state index contributed by atoms with van der Waals surface area (Å²) in [6.45, 7) is 2.54. The van der Waals surface area contributed by atoms with Gasteiger partial charge in [0.15, 0.2) is 11.1 Å². The van der Waals surface area contributed by atoms with Gasteiger partial charge in [-0.15, -0.1) is 11.3 Å². The van der Waals surface area contributed by atoms with E-state index in [0.29, 0.717) is 11.6 Å². The molecule has 52 heavy (non-hydrogen) atoms. The van der Waals surface area contributed by atoms with Crippen molar-refractivity contribution in [2.75, 3.05) is 6.61 Å². The first-order valence-corrected chi connectivity index (χ1v) is 18.2. The zero-order valence-electron chi connectivity index (χ0n) is 28.9. The van der Waals surface area contributed by atoms with Gasteiger partial charge in [0.05, 0.1) is 43.3 Å². The summed E-state index contributed by atoms with van der Waals surface area (Å²) in [7, 11) is 0. The summed E-state index contributed by atoms with van der Waals surface area (Å²) in [5.41, 5.74) is 4.64. The van der Waals surface area contributed by atoms with E-state index in [4.69, 9.17) is 33.4 Å². The largest absolute Gasteiger partial charge is 0.423 e. The molecule has 9 heteroatoms. The highest BCUT2D eigenvalue weighted by atomic mass is 32.1. The minimum Gasteiger partial charge on any atom is -0.423 e. The second-order valence-corrected chi connectivity index (χ2v) is 13.7. The van der Waals surface area contributed by atoms with Gasteiger partial charge in [-0.3, -0.25) is 4.79 Å². The fourth-order valence-corrected chi connectivity index (χ4v) is 7.44. The van der Waals surface area contributed by atoms with Crippen molar-refractivity contribution in [1.29, 1.82) is 0 Å². The lowest BCUT2D eigenvalue weighted by Crippen LogP contribution is -2.66. The Morgan fingerprint density at radius 1 is 0.635 bits per heavy atom. The van der Waals surface area contributed by atoms with Crippen molar-refractivity contribution in [3.63, 3.8) is 0 Å². The van der Waals surface area contributed by atoms with Gasteiger partial charge in [-0.1, -0.05) is 133 Å². The van der Waals surface area contributed by atoms with E-state index in [1.165, 1.54) is 18.3 Å². The molecule has 1 aliphatic heterocycles. The number of hydrogen-bond donors (Lipinski definition) is 0. The van der Waals surface area contributed by atoms with Crippen molar-refractivity contribution in [3.05, 3.63) is 173 Å². The smallest absolute Gasteiger partial charge is 0.305 e. The molecule has 0 saturated carbocycles. The monoisotopic (exact) mass is 715 g/mol. The summed E-state index contributed by atoms with van der Waals surface area (Å²) in [6.07, 6.45) is -3.29. The summed E-state index contributed by atoms with van der Waals surface area (Å²) in [5, 5.41) is 0.435. The van der Waals surface area contributed by atoms with Gasteiger partial charge in [0.2, 0.25) is 0 Å². The normalized spacial score (nSPS) is 21.6. The average Bonchev–Trinajstić information content (AvgIpc) is 3.63. The molecule has 0 unspecified atom stereocenters. The lowest BCUT2D eigenvalue weighted by Gasteiger charge is -2.50. The molecule has 1 saturated heterocycles. The zero-order valence-corrected chi connectivity index (χ0v) is 29.7. The molecule has 1 aromatic heterocycles. The molecule has 0 bridgehead atoms. The van der Waals surface area contributed by atoms with Gasteiger partial charge in [0.1, 0.15) is 18.3 Å². The molecule has 266 valence electrons. The van der Waals surface area contributed by atoms with Crippen LogP contribution in [0.4, 0.5) is 0 Å². The molecule has 0 spiro atoms. The van der Waals surface area contributed by atoms with Crippen LogP contribution in [0.5, 0.6) is 0 Å². The third-order valence-electron chi connectivity index (χ3n) is 8.81. The molecule has 1 aliphatic rings. The first-order valence-electron chi connectivity index (χ1n) is 17.4. The fraction of sp³-hybridized carbons (Fsp3) is 0.256. The molecule has 5 aromatic carbocycles. The molecule has 0 aliphatic carbocycles. The van der Waals surface area contributed by atoms with Crippen LogP contribution in [0.15, 0.2) is 146 Å². The number of benzene rings is 5. The van der Waals surface area contributed by atoms with Gasteiger partial charge in [-0.25, -0.2) is 4.98 Å². The lowest BCUT2D eigenvalue weighted by molar-refractivity contribution is -0.379. The molecule has 5 atom stereocenters. The van der Waals surface area contributed by atoms with E-state index in [9.17, 15) is 4.79 Å². The number of ether oxygens (including phenoxy) is 6. The van der Waals surface area contributed by atoms with Crippen LogP contribution in [0.2, 0.25) is 0 Å². The number of nitrogens with zero attached hydrogens (tertiary/aromatic N) is 1. The molecular formula is C43H41NO7S. The van der Waals surface area contributed by atoms with E-state index < -0.39 is 36.2 Å². The molecular weight excluding hydrogens is 675 g/mol. The van der Waals surface area contributed by atoms with Crippen LogP contribution in [-0.4, -0.2) is 42.0 Å². The maximum absolute atomic E-state index is 13.2. The van der Waals surface area contributed by atoms with Crippen molar-refractivity contribution in [1.82, 2.24) is 4.98 Å². The van der Waals surface area contributed by atoms with Crippen LogP contribution in [0.1, 0.15) is 34.2 Å². The second kappa shape index (κ2) is 17.2. The SMILES string of the molecule is CC(=O)O[C@@]1(c2nc3ccccc3s2)O[C@H](COCc2ccccc2)[C@@H](OCc2ccccc2)[C@H](OCc2ccccc2)[C@H]1OCc1ccccc1. The Bertz CT molecular complexity index is 1960. The predicted molar refractivity (Wildman–Crippen MR) is 199 cm³/mol. The number of para-hydroxylation sites is 1. The summed E-state index contributed by atoms with van der Waals surface area (Å²) in [4.78, 5) is 18.2. The molecule has 1 fully saturated rings. The van der Waals surface area contributed by atoms with Gasteiger partial charge in [-0.05, 0) is 34.4 Å². The van der Waals surface area contributed by atoms with E-state index in [2.05, 4.69) is 0 Å². The molecule has 0 radical (unpaired) electrons. The molecule has 0 amide bonds. The highest BCUT2D eigenvalue weighted by Gasteiger charge is 2.62. The Labute approximate surface area is 307 Å². The Morgan fingerprint density at radius 2 is 1.12 bits per heavy atom. The van der Waals surface area contributed by atoms with Crippen molar-refractivity contribution in [2.45, 2.75) is 63.6 Å². The van der Waals surface area contributed by atoms with Crippen molar-refractivity contribution in [3.8, 4) is 0 Å². The molecule has 7 rings (SSSR count). The van der Waals surface area contributed by atoms with Gasteiger partial charge < -0.3 is 28.4 Å². The lowest BCUT2D eigenvalue weighted by atomic mass is 9.91. The van der Waals surface area contributed by atoms with E-state index in [1.54, 1.807) is 0 Å². The summed E-state index contributed by atoms with van der Waals surface area (Å²) in [5.74, 6) is -2.36. The maximum atomic E-state index is 13.2. The third-order valence-corrected chi connectivity index (χ3v) is 9.95. The second-order valence-electron chi connectivity index (χ2n) is 12.6. The molecule has 6 aromatic rings. The van der Waals surface area contributed by atoms with Crippen LogP contribution in [0.3, 0.4) is 0 Å². The van der Waals surface area contributed by atoms with E-state index in [0.717, 1.165) is 32.5 Å². The number of fused-ring (bicyclic) bond motifs is 1. The average molecular weight is 716 g/mol. The van der Waals surface area contributed by atoms with Gasteiger partial charge in [0, 0.05) is 6.92 Å². The van der Waals surface area contributed by atoms with E-state index >= 15 is 0 Å². The summed E-state index contributed by atoms with van der Waals surface area (Å²) < 4.78 is 41.2. The zero-order chi connectivity index (χ0) is 35.6. The fourth-order valence-electron chi connectivity index (χ4n) is 6.37. The summed E-state index contributed by atoms with van der Waals surface area (Å²) in [6, 6.07) is 47.4. The van der Waals surface area contributed by atoms with E-state index in [-0.39, 0.29) is 26.4 Å². The van der Waals surface area contributed by atoms with Gasteiger partial charge in [0.25, 0.3) is 5.79 Å². The highest BCUT2D eigenvalue weighted by Crippen LogP contribution is 2.46. The van der Waals surface area contributed by atoms with Crippen LogP contribution in [0, 0.1) is 0 Å². The molecule has 0 N–H and O–H groups in total. The predicted octanol–water partition coefficient (Wildman–Crippen LogP) is 8.38. The first kappa shape index (κ1) is 35.7. The Hall–Kier alpha value is -4.74. The number of hydrogen-bond acceptors (Lipinski definition) is 9. The maximum Gasteiger partial charge on any atom is 0.305 e. The van der Waals surface area contributed by atoms with Crippen LogP contribution >= 0.6 is 11.3 Å². The van der Waals surface area contributed by atoms with Crippen molar-refractivity contribution >= 4 is 27.5 Å². The van der Waals surface area contributed by atoms with Crippen molar-refractivity contribution in [2.24, 2.45) is 0 Å². The molecule has 2 heterocycles. The van der Waals surface area contributed by atoms with Crippen molar-refractivity contribution < 1.29 is 33.2 Å². The quantitative estimate of drug-likeness (QED) is 0.0981. The number of rotatable bonds is 15. The Balaban J connectivity index is 1.33. The van der Waals surface area contributed by atoms with Gasteiger partial charge in [-0.2, -0.15) is 0 Å². The van der Waals surface area contributed by atoms with Crippen LogP contribution in [0.25, 0.3) is 10.2 Å². The molecule has 8 nitrogen and oxygen atoms in total. The topological polar surface area (TPSA) is 85.3 Å². The summed E-state index contributed by atoms with van der Waals surface area (Å²) >= 11 is 1.39. The Morgan fingerprint density at radius 3 is 1.65 bits per heavy atom. The number of carbonyl (C=O) groups excluding carboxylic acids is 1. The number of aromatic nitrogens is 1. The standard InChI is InChI=1S/C43H41NO7S/c1-31(45)50-43(42-44-36-24-14-15-25-38(36)52-42)41(49-29-35-22-12-5-13-23-35)40(48-28-34-20-10-4-11-21-34)39(47-27-33-18-8-3-9-19-33)37(51-43)30-46-26-32-16-6-2-7-17-32/h2-25,37,39-41H,26-30H2,1H3/t37-,39-,40+,41-,43-/m1/s1. The van der Waals surface area contributed by atoms with Crippen LogP contribution < -0.4 is 0 Å². The van der Waals surface area contributed by atoms with Gasteiger partial charge >= 0.3 is 5.97 Å². The third kappa shape index (κ3) is 8.65. The highest BCUT2D eigenvalue weighted by molar-refractivity contribution is 7.18. The number of esters is 1. The number of carbonyl (C=O) groups is 1. The minimum absolute atomic E-state index is 0.110. The first-order chi connectivity index (χ1) is 25.6. The number of thiazole rings is 1. The Kier molecular flexibility index (Phi) is 11.8.